The predicted molar refractivity (Wildman–Crippen MR) is 102 cm³/mol. The molecule has 0 unspecified atom stereocenters. The molecule has 2 rings (SSSR count). The molecule has 0 heterocycles. The summed E-state index contributed by atoms with van der Waals surface area (Å²) >= 11 is 13.3. The van der Waals surface area contributed by atoms with Crippen LogP contribution in [0, 0.1) is 6.92 Å². The first kappa shape index (κ1) is 17.1. The molecule has 0 saturated heterocycles. The molecular weight excluding hydrogens is 332 g/mol. The van der Waals surface area contributed by atoms with Crippen molar-refractivity contribution < 1.29 is 0 Å². The van der Waals surface area contributed by atoms with E-state index in [4.69, 9.17) is 23.8 Å². The highest BCUT2D eigenvalue weighted by Crippen LogP contribution is 2.20. The van der Waals surface area contributed by atoms with Gasteiger partial charge in [0.15, 0.2) is 5.11 Å². The van der Waals surface area contributed by atoms with Gasteiger partial charge in [-0.2, -0.15) is 0 Å². The van der Waals surface area contributed by atoms with Gasteiger partial charge in [-0.3, -0.25) is 0 Å². The molecule has 5 heteroatoms. The third kappa shape index (κ3) is 4.63. The van der Waals surface area contributed by atoms with E-state index in [9.17, 15) is 0 Å². The number of nitrogens with zero attached hydrogens (tertiary/aromatic N) is 1. The maximum absolute atomic E-state index is 6.14. The number of thiocarbonyl (C=S) groups is 1. The summed E-state index contributed by atoms with van der Waals surface area (Å²) in [6, 6.07) is 14.4. The van der Waals surface area contributed by atoms with Crippen LogP contribution in [0.2, 0.25) is 5.02 Å². The van der Waals surface area contributed by atoms with Crippen molar-refractivity contribution in [2.75, 3.05) is 18.6 Å². The van der Waals surface area contributed by atoms with Crippen molar-refractivity contribution in [2.45, 2.75) is 18.4 Å². The van der Waals surface area contributed by atoms with Gasteiger partial charge in [-0.1, -0.05) is 29.8 Å². The van der Waals surface area contributed by atoms with E-state index in [-0.39, 0.29) is 0 Å². The van der Waals surface area contributed by atoms with E-state index in [0.717, 1.165) is 22.8 Å². The first-order chi connectivity index (χ1) is 10.5. The molecule has 2 aromatic rings. The average molecular weight is 351 g/mol. The fourth-order valence-corrected chi connectivity index (χ4v) is 2.74. The Hall–Kier alpha value is -1.23. The van der Waals surface area contributed by atoms with Crippen LogP contribution in [0.25, 0.3) is 0 Å². The molecule has 116 valence electrons. The third-order valence-corrected chi connectivity index (χ3v) is 4.91. The standard InChI is InChI=1S/C17H19ClN2S2/c1-12-4-7-14(10-16(12)18)19-17(21)20(2)11-13-5-8-15(22-3)9-6-13/h4-10H,11H2,1-3H3,(H,19,21). The Labute approximate surface area is 146 Å². The molecule has 0 radical (unpaired) electrons. The predicted octanol–water partition coefficient (Wildman–Crippen LogP) is 5.20. The van der Waals surface area contributed by atoms with E-state index in [1.165, 1.54) is 10.5 Å². The summed E-state index contributed by atoms with van der Waals surface area (Å²) in [6.45, 7) is 2.74. The average Bonchev–Trinajstić information content (AvgIpc) is 2.51. The first-order valence-electron chi connectivity index (χ1n) is 6.91. The Morgan fingerprint density at radius 3 is 2.50 bits per heavy atom. The Morgan fingerprint density at radius 1 is 1.23 bits per heavy atom. The second-order valence-corrected chi connectivity index (χ2v) is 6.77. The molecule has 0 atom stereocenters. The molecule has 1 N–H and O–H groups in total. The minimum atomic E-state index is 0.675. The van der Waals surface area contributed by atoms with Crippen molar-refractivity contribution in [3.63, 3.8) is 0 Å². The van der Waals surface area contributed by atoms with Crippen LogP contribution in [0.15, 0.2) is 47.4 Å². The van der Waals surface area contributed by atoms with Gasteiger partial charge in [0.25, 0.3) is 0 Å². The van der Waals surface area contributed by atoms with Crippen LogP contribution in [0.3, 0.4) is 0 Å². The van der Waals surface area contributed by atoms with Crippen molar-refractivity contribution in [3.8, 4) is 0 Å². The maximum atomic E-state index is 6.14. The van der Waals surface area contributed by atoms with E-state index in [2.05, 4.69) is 35.8 Å². The minimum Gasteiger partial charge on any atom is -0.348 e. The molecule has 0 aliphatic heterocycles. The fraction of sp³-hybridized carbons (Fsp3) is 0.235. The lowest BCUT2D eigenvalue weighted by Crippen LogP contribution is -2.30. The molecule has 0 aliphatic rings. The lowest BCUT2D eigenvalue weighted by molar-refractivity contribution is 0.508. The van der Waals surface area contributed by atoms with E-state index >= 15 is 0 Å². The number of nitrogens with one attached hydrogen (secondary N) is 1. The van der Waals surface area contributed by atoms with Gasteiger partial charge in [-0.15, -0.1) is 11.8 Å². The Kier molecular flexibility index (Phi) is 6.12. The van der Waals surface area contributed by atoms with Gasteiger partial charge in [0.2, 0.25) is 0 Å². The van der Waals surface area contributed by atoms with Crippen LogP contribution in [0.1, 0.15) is 11.1 Å². The quantitative estimate of drug-likeness (QED) is 0.602. The molecular formula is C17H19ClN2S2. The van der Waals surface area contributed by atoms with Gasteiger partial charge < -0.3 is 10.2 Å². The smallest absolute Gasteiger partial charge is 0.173 e. The summed E-state index contributed by atoms with van der Waals surface area (Å²) in [4.78, 5) is 3.28. The van der Waals surface area contributed by atoms with E-state index in [1.54, 1.807) is 11.8 Å². The summed E-state index contributed by atoms with van der Waals surface area (Å²) in [7, 11) is 1.98. The van der Waals surface area contributed by atoms with Gasteiger partial charge >= 0.3 is 0 Å². The van der Waals surface area contributed by atoms with Crippen molar-refractivity contribution >= 4 is 46.4 Å². The number of hydrogen-bond acceptors (Lipinski definition) is 2. The van der Waals surface area contributed by atoms with Gasteiger partial charge in [0, 0.05) is 29.2 Å². The molecule has 0 fully saturated rings. The number of halogens is 1. The monoisotopic (exact) mass is 350 g/mol. The van der Waals surface area contributed by atoms with Crippen LogP contribution in [-0.2, 0) is 6.54 Å². The number of thioether (sulfide) groups is 1. The zero-order valence-corrected chi connectivity index (χ0v) is 15.3. The largest absolute Gasteiger partial charge is 0.348 e. The third-order valence-electron chi connectivity index (χ3n) is 3.35. The summed E-state index contributed by atoms with van der Waals surface area (Å²) in [5.41, 5.74) is 3.19. The molecule has 0 spiro atoms. The number of aryl methyl sites for hydroxylation is 1. The summed E-state index contributed by atoms with van der Waals surface area (Å²) in [6.07, 6.45) is 2.08. The topological polar surface area (TPSA) is 15.3 Å². The van der Waals surface area contributed by atoms with Crippen LogP contribution in [-0.4, -0.2) is 23.3 Å². The molecule has 0 saturated carbocycles. The molecule has 0 amide bonds. The lowest BCUT2D eigenvalue weighted by Gasteiger charge is -2.21. The SMILES string of the molecule is CSc1ccc(CN(C)C(=S)Nc2ccc(C)c(Cl)c2)cc1. The minimum absolute atomic E-state index is 0.675. The van der Waals surface area contributed by atoms with Crippen molar-refractivity contribution in [1.82, 2.24) is 4.90 Å². The van der Waals surface area contributed by atoms with Gasteiger partial charge in [-0.25, -0.2) is 0 Å². The zero-order chi connectivity index (χ0) is 16.1. The van der Waals surface area contributed by atoms with Crippen molar-refractivity contribution in [2.24, 2.45) is 0 Å². The summed E-state index contributed by atoms with van der Waals surface area (Å²) < 4.78 is 0. The number of benzene rings is 2. The van der Waals surface area contributed by atoms with Gasteiger partial charge in [0.1, 0.15) is 0 Å². The second kappa shape index (κ2) is 7.86. The summed E-state index contributed by atoms with van der Waals surface area (Å²) in [5, 5.41) is 4.64. The molecule has 22 heavy (non-hydrogen) atoms. The van der Waals surface area contributed by atoms with Crippen molar-refractivity contribution in [1.29, 1.82) is 0 Å². The fourth-order valence-electron chi connectivity index (χ4n) is 1.97. The van der Waals surface area contributed by atoms with Gasteiger partial charge in [0.05, 0.1) is 0 Å². The van der Waals surface area contributed by atoms with Crippen LogP contribution < -0.4 is 5.32 Å². The highest BCUT2D eigenvalue weighted by molar-refractivity contribution is 7.98. The van der Waals surface area contributed by atoms with Gasteiger partial charge in [-0.05, 0) is 60.8 Å². The van der Waals surface area contributed by atoms with Crippen molar-refractivity contribution in [3.05, 3.63) is 58.6 Å². The van der Waals surface area contributed by atoms with Crippen LogP contribution in [0.4, 0.5) is 5.69 Å². The lowest BCUT2D eigenvalue weighted by atomic mass is 10.2. The highest BCUT2D eigenvalue weighted by atomic mass is 35.5. The van der Waals surface area contributed by atoms with Crippen LogP contribution >= 0.6 is 35.6 Å². The molecule has 0 aromatic heterocycles. The normalized spacial score (nSPS) is 10.4. The Bertz CT molecular complexity index is 656. The molecule has 0 bridgehead atoms. The molecule has 0 aliphatic carbocycles. The number of rotatable bonds is 4. The van der Waals surface area contributed by atoms with Crippen LogP contribution in [0.5, 0.6) is 0 Å². The summed E-state index contributed by atoms with van der Waals surface area (Å²) in [5.74, 6) is 0. The number of hydrogen-bond donors (Lipinski definition) is 1. The second-order valence-electron chi connectivity index (χ2n) is 5.10. The molecule has 2 aromatic carbocycles. The van der Waals surface area contributed by atoms with E-state index in [1.807, 2.05) is 37.1 Å². The zero-order valence-electron chi connectivity index (χ0n) is 12.9. The Balaban J connectivity index is 1.97. The molecule has 2 nitrogen and oxygen atoms in total. The highest BCUT2D eigenvalue weighted by Gasteiger charge is 2.07. The van der Waals surface area contributed by atoms with E-state index in [0.29, 0.717) is 5.11 Å². The Morgan fingerprint density at radius 2 is 1.91 bits per heavy atom. The first-order valence-corrected chi connectivity index (χ1v) is 8.92. The maximum Gasteiger partial charge on any atom is 0.173 e. The van der Waals surface area contributed by atoms with E-state index < -0.39 is 0 Å². The number of anilines is 1.